The van der Waals surface area contributed by atoms with Crippen LogP contribution in [0.15, 0.2) is 58.6 Å². The highest BCUT2D eigenvalue weighted by molar-refractivity contribution is 7.09. The van der Waals surface area contributed by atoms with Crippen molar-refractivity contribution in [3.05, 3.63) is 64.8 Å². The molecule has 0 aliphatic carbocycles. The van der Waals surface area contributed by atoms with Gasteiger partial charge in [-0.1, -0.05) is 6.07 Å². The van der Waals surface area contributed by atoms with E-state index < -0.39 is 0 Å². The third-order valence-corrected chi connectivity index (χ3v) is 3.66. The molecule has 0 fully saturated rings. The first-order chi connectivity index (χ1) is 9.83. The highest BCUT2D eigenvalue weighted by Gasteiger charge is 2.12. The number of hydrogen-bond donors (Lipinski definition) is 1. The zero-order chi connectivity index (χ0) is 13.8. The van der Waals surface area contributed by atoms with Crippen LogP contribution in [-0.2, 0) is 6.54 Å². The Hall–Kier alpha value is -2.40. The molecular formula is C15H12N2O2S. The molecule has 3 heterocycles. The van der Waals surface area contributed by atoms with Crippen LogP contribution in [0.2, 0.25) is 0 Å². The smallest absolute Gasteiger partial charge is 0.287 e. The van der Waals surface area contributed by atoms with Crippen molar-refractivity contribution in [3.8, 4) is 11.3 Å². The highest BCUT2D eigenvalue weighted by Crippen LogP contribution is 2.21. The van der Waals surface area contributed by atoms with Gasteiger partial charge < -0.3 is 9.73 Å². The summed E-state index contributed by atoms with van der Waals surface area (Å²) < 4.78 is 5.55. The van der Waals surface area contributed by atoms with E-state index in [0.29, 0.717) is 18.1 Å². The normalized spacial score (nSPS) is 10.4. The second-order valence-corrected chi connectivity index (χ2v) is 5.20. The highest BCUT2D eigenvalue weighted by atomic mass is 32.1. The minimum atomic E-state index is -0.214. The molecule has 100 valence electrons. The molecule has 0 unspecified atom stereocenters. The lowest BCUT2D eigenvalue weighted by Crippen LogP contribution is -2.21. The quantitative estimate of drug-likeness (QED) is 0.799. The zero-order valence-electron chi connectivity index (χ0n) is 10.6. The summed E-state index contributed by atoms with van der Waals surface area (Å²) in [5, 5.41) is 4.81. The Morgan fingerprint density at radius 1 is 1.25 bits per heavy atom. The SMILES string of the molecule is O=C(NCc1cccs1)c1ccc(-c2cccnc2)o1. The molecule has 0 atom stereocenters. The fourth-order valence-electron chi connectivity index (χ4n) is 1.79. The van der Waals surface area contributed by atoms with E-state index in [1.54, 1.807) is 35.9 Å². The van der Waals surface area contributed by atoms with Crippen LogP contribution in [0.4, 0.5) is 0 Å². The van der Waals surface area contributed by atoms with Gasteiger partial charge in [0.15, 0.2) is 5.76 Å². The van der Waals surface area contributed by atoms with Gasteiger partial charge in [-0.3, -0.25) is 9.78 Å². The van der Waals surface area contributed by atoms with E-state index in [9.17, 15) is 4.79 Å². The van der Waals surface area contributed by atoms with Crippen LogP contribution < -0.4 is 5.32 Å². The molecule has 0 aliphatic heterocycles. The Morgan fingerprint density at radius 2 is 2.20 bits per heavy atom. The van der Waals surface area contributed by atoms with Crippen molar-refractivity contribution in [2.45, 2.75) is 6.54 Å². The summed E-state index contributed by atoms with van der Waals surface area (Å²) in [4.78, 5) is 17.1. The number of hydrogen-bond acceptors (Lipinski definition) is 4. The molecule has 5 heteroatoms. The van der Waals surface area contributed by atoms with Crippen LogP contribution in [0.25, 0.3) is 11.3 Å². The zero-order valence-corrected chi connectivity index (χ0v) is 11.4. The molecule has 0 saturated carbocycles. The lowest BCUT2D eigenvalue weighted by molar-refractivity contribution is 0.0924. The van der Waals surface area contributed by atoms with Crippen molar-refractivity contribution in [1.29, 1.82) is 0 Å². The summed E-state index contributed by atoms with van der Waals surface area (Å²) in [6.45, 7) is 0.513. The Kier molecular flexibility index (Phi) is 3.60. The molecule has 0 radical (unpaired) electrons. The van der Waals surface area contributed by atoms with Gasteiger partial charge in [-0.2, -0.15) is 0 Å². The van der Waals surface area contributed by atoms with Crippen LogP contribution in [0.1, 0.15) is 15.4 Å². The van der Waals surface area contributed by atoms with Gasteiger partial charge >= 0.3 is 0 Å². The summed E-state index contributed by atoms with van der Waals surface area (Å²) >= 11 is 1.61. The topological polar surface area (TPSA) is 55.1 Å². The predicted octanol–water partition coefficient (Wildman–Crippen LogP) is 3.33. The molecular weight excluding hydrogens is 272 g/mol. The van der Waals surface area contributed by atoms with Gasteiger partial charge in [0.05, 0.1) is 6.54 Å². The van der Waals surface area contributed by atoms with Gasteiger partial charge in [-0.15, -0.1) is 11.3 Å². The Morgan fingerprint density at radius 3 is 2.95 bits per heavy atom. The first kappa shape index (κ1) is 12.6. The molecule has 0 saturated heterocycles. The van der Waals surface area contributed by atoms with E-state index in [0.717, 1.165) is 10.4 Å². The number of aromatic nitrogens is 1. The van der Waals surface area contributed by atoms with Gasteiger partial charge in [-0.05, 0) is 35.7 Å². The van der Waals surface area contributed by atoms with E-state index >= 15 is 0 Å². The fraction of sp³-hybridized carbons (Fsp3) is 0.0667. The summed E-state index contributed by atoms with van der Waals surface area (Å²) in [5.74, 6) is 0.730. The number of carbonyl (C=O) groups is 1. The summed E-state index contributed by atoms with van der Waals surface area (Å²) in [7, 11) is 0. The standard InChI is InChI=1S/C15H12N2O2S/c18-15(17-10-12-4-2-8-20-12)14-6-5-13(19-14)11-3-1-7-16-9-11/h1-9H,10H2,(H,17,18). The van der Waals surface area contributed by atoms with Crippen molar-refractivity contribution in [2.24, 2.45) is 0 Å². The number of pyridine rings is 1. The number of thiophene rings is 1. The largest absolute Gasteiger partial charge is 0.451 e. The van der Waals surface area contributed by atoms with E-state index in [-0.39, 0.29) is 5.91 Å². The summed E-state index contributed by atoms with van der Waals surface area (Å²) in [5.41, 5.74) is 0.852. The second-order valence-electron chi connectivity index (χ2n) is 4.17. The van der Waals surface area contributed by atoms with Crippen LogP contribution in [0.3, 0.4) is 0 Å². The van der Waals surface area contributed by atoms with Gasteiger partial charge in [0.1, 0.15) is 5.76 Å². The third-order valence-electron chi connectivity index (χ3n) is 2.78. The van der Waals surface area contributed by atoms with Crippen LogP contribution in [-0.4, -0.2) is 10.9 Å². The van der Waals surface area contributed by atoms with E-state index in [1.807, 2.05) is 29.6 Å². The average Bonchev–Trinajstić information content (AvgIpc) is 3.17. The number of rotatable bonds is 4. The van der Waals surface area contributed by atoms with Crippen molar-refractivity contribution >= 4 is 17.2 Å². The van der Waals surface area contributed by atoms with Gasteiger partial charge in [0.2, 0.25) is 0 Å². The molecule has 3 aromatic rings. The number of amides is 1. The summed E-state index contributed by atoms with van der Waals surface area (Å²) in [6.07, 6.45) is 3.40. The Balaban J connectivity index is 1.69. The van der Waals surface area contributed by atoms with Crippen molar-refractivity contribution in [1.82, 2.24) is 10.3 Å². The van der Waals surface area contributed by atoms with Gasteiger partial charge in [0, 0.05) is 22.8 Å². The molecule has 3 aromatic heterocycles. The van der Waals surface area contributed by atoms with Crippen molar-refractivity contribution in [3.63, 3.8) is 0 Å². The molecule has 1 N–H and O–H groups in total. The minimum Gasteiger partial charge on any atom is -0.451 e. The van der Waals surface area contributed by atoms with Crippen LogP contribution in [0, 0.1) is 0 Å². The van der Waals surface area contributed by atoms with E-state index in [1.165, 1.54) is 0 Å². The lowest BCUT2D eigenvalue weighted by Gasteiger charge is -2.00. The second kappa shape index (κ2) is 5.71. The third kappa shape index (κ3) is 2.78. The van der Waals surface area contributed by atoms with Crippen molar-refractivity contribution < 1.29 is 9.21 Å². The maximum Gasteiger partial charge on any atom is 0.287 e. The molecule has 0 spiro atoms. The molecule has 20 heavy (non-hydrogen) atoms. The molecule has 3 rings (SSSR count). The number of nitrogens with one attached hydrogen (secondary N) is 1. The predicted molar refractivity (Wildman–Crippen MR) is 77.4 cm³/mol. The number of carbonyl (C=O) groups excluding carboxylic acids is 1. The van der Waals surface area contributed by atoms with Crippen molar-refractivity contribution in [2.75, 3.05) is 0 Å². The monoisotopic (exact) mass is 284 g/mol. The average molecular weight is 284 g/mol. The fourth-order valence-corrected chi connectivity index (χ4v) is 2.44. The first-order valence-electron chi connectivity index (χ1n) is 6.14. The van der Waals surface area contributed by atoms with E-state index in [4.69, 9.17) is 4.42 Å². The number of furan rings is 1. The van der Waals surface area contributed by atoms with E-state index in [2.05, 4.69) is 10.3 Å². The van der Waals surface area contributed by atoms with Crippen LogP contribution in [0.5, 0.6) is 0 Å². The Bertz CT molecular complexity index is 690. The maximum atomic E-state index is 12.0. The van der Waals surface area contributed by atoms with Gasteiger partial charge in [0.25, 0.3) is 5.91 Å². The maximum absolute atomic E-state index is 12.0. The molecule has 0 aromatic carbocycles. The summed E-state index contributed by atoms with van der Waals surface area (Å²) in [6, 6.07) is 11.1. The number of nitrogens with zero attached hydrogens (tertiary/aromatic N) is 1. The molecule has 4 nitrogen and oxygen atoms in total. The molecule has 1 amide bonds. The minimum absolute atomic E-state index is 0.214. The Labute approximate surface area is 120 Å². The molecule has 0 bridgehead atoms. The van der Waals surface area contributed by atoms with Crippen LogP contribution >= 0.6 is 11.3 Å². The molecule has 0 aliphatic rings. The first-order valence-corrected chi connectivity index (χ1v) is 7.02. The lowest BCUT2D eigenvalue weighted by atomic mass is 10.2. The van der Waals surface area contributed by atoms with Gasteiger partial charge in [-0.25, -0.2) is 0 Å².